The monoisotopic (exact) mass is 411 g/mol. The van der Waals surface area contributed by atoms with E-state index in [9.17, 15) is 9.90 Å². The number of nitrogens with one attached hydrogen (secondary N) is 1. The zero-order valence-electron chi connectivity index (χ0n) is 9.38. The molecule has 0 saturated carbocycles. The van der Waals surface area contributed by atoms with Crippen molar-refractivity contribution >= 4 is 44.4 Å². The normalized spacial score (nSPS) is 10.2. The van der Waals surface area contributed by atoms with E-state index in [-0.39, 0.29) is 11.7 Å². The van der Waals surface area contributed by atoms with Crippen LogP contribution in [0.4, 0.5) is 0 Å². The van der Waals surface area contributed by atoms with Crippen LogP contribution in [0.2, 0.25) is 0 Å². The van der Waals surface area contributed by atoms with Gasteiger partial charge in [0.1, 0.15) is 5.75 Å². The summed E-state index contributed by atoms with van der Waals surface area (Å²) in [5.41, 5.74) is 0.503. The lowest BCUT2D eigenvalue weighted by Gasteiger charge is -2.05. The van der Waals surface area contributed by atoms with Gasteiger partial charge in [-0.15, -0.1) is 0 Å². The summed E-state index contributed by atoms with van der Waals surface area (Å²) in [6.07, 6.45) is 3.21. The molecule has 1 amide bonds. The van der Waals surface area contributed by atoms with Gasteiger partial charge in [-0.05, 0) is 53.6 Å². The van der Waals surface area contributed by atoms with Crippen LogP contribution < -0.4 is 5.32 Å². The van der Waals surface area contributed by atoms with E-state index < -0.39 is 0 Å². The lowest BCUT2D eigenvalue weighted by atomic mass is 10.2. The van der Waals surface area contributed by atoms with Crippen molar-refractivity contribution < 1.29 is 9.90 Å². The zero-order chi connectivity index (χ0) is 12.7. The van der Waals surface area contributed by atoms with Gasteiger partial charge >= 0.3 is 0 Å². The number of carbonyl (C=O) groups is 1. The van der Waals surface area contributed by atoms with Crippen LogP contribution in [0.3, 0.4) is 0 Å². The molecule has 0 radical (unpaired) electrons. The van der Waals surface area contributed by atoms with E-state index >= 15 is 0 Å². The first-order chi connectivity index (χ1) is 8.15. The van der Waals surface area contributed by atoms with Crippen LogP contribution >= 0.6 is 38.5 Å². The van der Waals surface area contributed by atoms with Gasteiger partial charge in [-0.3, -0.25) is 4.79 Å². The van der Waals surface area contributed by atoms with Gasteiger partial charge in [-0.1, -0.05) is 22.4 Å². The van der Waals surface area contributed by atoms with Crippen molar-refractivity contribution in [2.75, 3.05) is 11.9 Å². The van der Waals surface area contributed by atoms with Gasteiger partial charge < -0.3 is 10.4 Å². The van der Waals surface area contributed by atoms with E-state index in [0.29, 0.717) is 12.1 Å². The number of unbranched alkanes of at least 4 members (excludes halogenated alkanes) is 2. The summed E-state index contributed by atoms with van der Waals surface area (Å²) in [5, 5.41) is 13.3. The Morgan fingerprint density at radius 3 is 2.76 bits per heavy atom. The summed E-state index contributed by atoms with van der Waals surface area (Å²) >= 11 is 5.39. The smallest absolute Gasteiger partial charge is 0.251 e. The SMILES string of the molecule is O=C(NCCCCCBr)c1ccc(I)c(O)c1. The van der Waals surface area contributed by atoms with Crippen LogP contribution in [-0.2, 0) is 0 Å². The Morgan fingerprint density at radius 2 is 2.12 bits per heavy atom. The molecule has 1 aromatic rings. The standard InChI is InChI=1S/C12H15BrINO2/c13-6-2-1-3-7-15-12(17)9-4-5-10(14)11(16)8-9/h4-5,8,16H,1-3,6-7H2,(H,15,17). The maximum absolute atomic E-state index is 11.7. The first-order valence-electron chi connectivity index (χ1n) is 5.48. The number of aromatic hydroxyl groups is 1. The maximum atomic E-state index is 11.7. The van der Waals surface area contributed by atoms with E-state index in [2.05, 4.69) is 21.2 Å². The van der Waals surface area contributed by atoms with Gasteiger partial charge in [0.2, 0.25) is 0 Å². The second kappa shape index (κ2) is 7.92. The highest BCUT2D eigenvalue weighted by atomic mass is 127. The van der Waals surface area contributed by atoms with Crippen molar-refractivity contribution in [2.45, 2.75) is 19.3 Å². The molecule has 1 rings (SSSR count). The number of phenols is 1. The molecule has 0 saturated heterocycles. The summed E-state index contributed by atoms with van der Waals surface area (Å²) in [7, 11) is 0. The van der Waals surface area contributed by atoms with E-state index in [1.165, 1.54) is 6.07 Å². The Bertz CT molecular complexity index is 385. The minimum absolute atomic E-state index is 0.129. The number of benzene rings is 1. The second-order valence-corrected chi connectivity index (χ2v) is 5.63. The van der Waals surface area contributed by atoms with Crippen molar-refractivity contribution in [3.05, 3.63) is 27.3 Å². The first-order valence-corrected chi connectivity index (χ1v) is 7.68. The van der Waals surface area contributed by atoms with Crippen LogP contribution in [0.25, 0.3) is 0 Å². The van der Waals surface area contributed by atoms with E-state index in [1.54, 1.807) is 12.1 Å². The zero-order valence-corrected chi connectivity index (χ0v) is 13.1. The lowest BCUT2D eigenvalue weighted by molar-refractivity contribution is 0.0952. The molecule has 0 aliphatic carbocycles. The lowest BCUT2D eigenvalue weighted by Crippen LogP contribution is -2.24. The predicted octanol–water partition coefficient (Wildman–Crippen LogP) is 3.29. The van der Waals surface area contributed by atoms with Crippen LogP contribution in [-0.4, -0.2) is 22.9 Å². The van der Waals surface area contributed by atoms with E-state index in [1.807, 2.05) is 22.6 Å². The molecule has 3 nitrogen and oxygen atoms in total. The molecule has 0 atom stereocenters. The highest BCUT2D eigenvalue weighted by Gasteiger charge is 2.07. The molecule has 0 spiro atoms. The second-order valence-electron chi connectivity index (χ2n) is 3.67. The predicted molar refractivity (Wildman–Crippen MR) is 80.8 cm³/mol. The number of amides is 1. The summed E-state index contributed by atoms with van der Waals surface area (Å²) in [5.74, 6) is 0.0214. The maximum Gasteiger partial charge on any atom is 0.251 e. The molecule has 0 heterocycles. The molecule has 5 heteroatoms. The van der Waals surface area contributed by atoms with Gasteiger partial charge in [0.05, 0.1) is 3.57 Å². The Balaban J connectivity index is 2.39. The van der Waals surface area contributed by atoms with E-state index in [0.717, 1.165) is 28.2 Å². The molecular weight excluding hydrogens is 397 g/mol. The Kier molecular flexibility index (Phi) is 6.87. The molecule has 2 N–H and O–H groups in total. The number of carbonyl (C=O) groups excluding carboxylic acids is 1. The number of alkyl halides is 1. The fourth-order valence-corrected chi connectivity index (χ4v) is 2.09. The van der Waals surface area contributed by atoms with Gasteiger partial charge in [0.15, 0.2) is 0 Å². The fraction of sp³-hybridized carbons (Fsp3) is 0.417. The summed E-state index contributed by atoms with van der Waals surface area (Å²) in [4.78, 5) is 11.7. The average Bonchev–Trinajstić information content (AvgIpc) is 2.32. The molecule has 0 fully saturated rings. The third kappa shape index (κ3) is 5.25. The third-order valence-electron chi connectivity index (χ3n) is 2.30. The van der Waals surface area contributed by atoms with Crippen molar-refractivity contribution in [1.29, 1.82) is 0 Å². The van der Waals surface area contributed by atoms with Crippen LogP contribution in [0, 0.1) is 3.57 Å². The number of hydrogen-bond acceptors (Lipinski definition) is 2. The molecule has 0 aromatic heterocycles. The summed E-state index contributed by atoms with van der Waals surface area (Å²) in [6, 6.07) is 4.94. The number of phenolic OH excluding ortho intramolecular Hbond substituents is 1. The van der Waals surface area contributed by atoms with Crippen LogP contribution in [0.5, 0.6) is 5.75 Å². The molecule has 1 aromatic carbocycles. The Morgan fingerprint density at radius 1 is 1.35 bits per heavy atom. The highest BCUT2D eigenvalue weighted by Crippen LogP contribution is 2.20. The average molecular weight is 412 g/mol. The van der Waals surface area contributed by atoms with Gasteiger partial charge in [0.25, 0.3) is 5.91 Å². The summed E-state index contributed by atoms with van der Waals surface area (Å²) in [6.45, 7) is 0.679. The molecular formula is C12H15BrINO2. The van der Waals surface area contributed by atoms with Gasteiger partial charge in [0, 0.05) is 17.4 Å². The molecule has 0 aliphatic heterocycles. The van der Waals surface area contributed by atoms with E-state index in [4.69, 9.17) is 0 Å². The number of halogens is 2. The Hall–Kier alpha value is -0.300. The molecule has 17 heavy (non-hydrogen) atoms. The molecule has 94 valence electrons. The van der Waals surface area contributed by atoms with Gasteiger partial charge in [-0.25, -0.2) is 0 Å². The third-order valence-corrected chi connectivity index (χ3v) is 3.78. The largest absolute Gasteiger partial charge is 0.507 e. The minimum atomic E-state index is -0.129. The van der Waals surface area contributed by atoms with Crippen molar-refractivity contribution in [3.8, 4) is 5.75 Å². The van der Waals surface area contributed by atoms with Crippen LogP contribution in [0.1, 0.15) is 29.6 Å². The quantitative estimate of drug-likeness (QED) is 0.428. The summed E-state index contributed by atoms with van der Waals surface area (Å²) < 4.78 is 0.747. The fourth-order valence-electron chi connectivity index (χ4n) is 1.35. The minimum Gasteiger partial charge on any atom is -0.507 e. The number of rotatable bonds is 6. The van der Waals surface area contributed by atoms with Crippen molar-refractivity contribution in [2.24, 2.45) is 0 Å². The molecule has 0 unspecified atom stereocenters. The highest BCUT2D eigenvalue weighted by molar-refractivity contribution is 14.1. The number of hydrogen-bond donors (Lipinski definition) is 2. The molecule has 0 aliphatic rings. The Labute approximate surface area is 123 Å². The van der Waals surface area contributed by atoms with Crippen molar-refractivity contribution in [1.82, 2.24) is 5.32 Å². The molecule has 0 bridgehead atoms. The van der Waals surface area contributed by atoms with Crippen molar-refractivity contribution in [3.63, 3.8) is 0 Å². The first kappa shape index (κ1) is 14.8. The topological polar surface area (TPSA) is 49.3 Å². The van der Waals surface area contributed by atoms with Crippen LogP contribution in [0.15, 0.2) is 18.2 Å². The van der Waals surface area contributed by atoms with Gasteiger partial charge in [-0.2, -0.15) is 0 Å².